The zero-order chi connectivity index (χ0) is 20.8. The van der Waals surface area contributed by atoms with Crippen molar-refractivity contribution in [1.82, 2.24) is 10.2 Å². The summed E-state index contributed by atoms with van der Waals surface area (Å²) in [5.74, 6) is -0.736. The van der Waals surface area contributed by atoms with Gasteiger partial charge in [0.05, 0.1) is 10.8 Å². The lowest BCUT2D eigenvalue weighted by Gasteiger charge is -2.35. The van der Waals surface area contributed by atoms with E-state index < -0.39 is 6.04 Å². The largest absolute Gasteiger partial charge is 0.340 e. The van der Waals surface area contributed by atoms with E-state index in [0.717, 1.165) is 18.5 Å². The second-order valence-corrected chi connectivity index (χ2v) is 8.60. The molecule has 0 aliphatic carbocycles. The van der Waals surface area contributed by atoms with Crippen LogP contribution in [0.3, 0.4) is 0 Å². The van der Waals surface area contributed by atoms with Crippen LogP contribution in [0.5, 0.6) is 0 Å². The van der Waals surface area contributed by atoms with Crippen LogP contribution in [0.15, 0.2) is 47.8 Å². The number of likely N-dealkylation sites (tertiary alicyclic amines) is 1. The third-order valence-corrected chi connectivity index (χ3v) is 5.98. The maximum absolute atomic E-state index is 13.2. The highest BCUT2D eigenvalue weighted by Gasteiger charge is 2.34. The number of rotatable bonds is 6. The van der Waals surface area contributed by atoms with Gasteiger partial charge in [0.15, 0.2) is 0 Å². The monoisotopic (exact) mass is 413 g/mol. The summed E-state index contributed by atoms with van der Waals surface area (Å²) in [6.07, 6.45) is 1.51. The summed E-state index contributed by atoms with van der Waals surface area (Å²) in [5.41, 5.74) is 0.754. The average molecular weight is 414 g/mol. The minimum Gasteiger partial charge on any atom is -0.340 e. The molecule has 2 atom stereocenters. The lowest BCUT2D eigenvalue weighted by Crippen LogP contribution is -2.54. The van der Waals surface area contributed by atoms with Crippen LogP contribution in [-0.4, -0.2) is 41.8 Å². The minimum atomic E-state index is -0.611. The van der Waals surface area contributed by atoms with Crippen molar-refractivity contribution in [1.29, 1.82) is 0 Å². The first-order valence-electron chi connectivity index (χ1n) is 9.94. The molecule has 1 aromatic carbocycles. The Hall–Kier alpha value is -2.67. The molecule has 1 fully saturated rings. The molecule has 0 bridgehead atoms. The number of hydrogen-bond donors (Lipinski definition) is 2. The number of hydrogen-bond acceptors (Lipinski definition) is 4. The van der Waals surface area contributed by atoms with E-state index in [-0.39, 0.29) is 29.6 Å². The fourth-order valence-corrected chi connectivity index (χ4v) is 4.11. The third-order valence-electron chi connectivity index (χ3n) is 5.11. The summed E-state index contributed by atoms with van der Waals surface area (Å²) in [7, 11) is 0. The average Bonchev–Trinajstić information content (AvgIpc) is 3.27. The molecule has 2 aromatic rings. The quantitative estimate of drug-likeness (QED) is 0.762. The fraction of sp³-hybridized carbons (Fsp3) is 0.409. The number of nitrogens with one attached hydrogen (secondary N) is 2. The maximum atomic E-state index is 13.2. The van der Waals surface area contributed by atoms with Crippen molar-refractivity contribution in [2.24, 2.45) is 11.8 Å². The van der Waals surface area contributed by atoms with Crippen molar-refractivity contribution in [2.45, 2.75) is 32.7 Å². The van der Waals surface area contributed by atoms with Crippen LogP contribution < -0.4 is 10.6 Å². The number of carbonyl (C=O) groups is 3. The number of amides is 3. The van der Waals surface area contributed by atoms with Crippen LogP contribution in [0.4, 0.5) is 5.69 Å². The molecule has 0 radical (unpaired) electrons. The summed E-state index contributed by atoms with van der Waals surface area (Å²) >= 11 is 1.35. The lowest BCUT2D eigenvalue weighted by molar-refractivity contribution is -0.137. The third kappa shape index (κ3) is 5.44. The molecule has 154 valence electrons. The summed E-state index contributed by atoms with van der Waals surface area (Å²) in [4.78, 5) is 40.6. The molecule has 2 heterocycles. The predicted octanol–water partition coefficient (Wildman–Crippen LogP) is 3.38. The van der Waals surface area contributed by atoms with Crippen LogP contribution in [-0.2, 0) is 9.59 Å². The Kier molecular flexibility index (Phi) is 7.04. The van der Waals surface area contributed by atoms with E-state index in [4.69, 9.17) is 0 Å². The van der Waals surface area contributed by atoms with E-state index in [1.54, 1.807) is 11.0 Å². The van der Waals surface area contributed by atoms with Gasteiger partial charge in [-0.05, 0) is 42.3 Å². The normalized spacial score (nSPS) is 17.6. The number of para-hydroxylation sites is 1. The molecule has 0 unspecified atom stereocenters. The van der Waals surface area contributed by atoms with Gasteiger partial charge in [-0.1, -0.05) is 38.1 Å². The number of benzene rings is 1. The number of carbonyl (C=O) groups excluding carboxylic acids is 3. The van der Waals surface area contributed by atoms with E-state index in [1.807, 2.05) is 55.6 Å². The van der Waals surface area contributed by atoms with Crippen LogP contribution >= 0.6 is 11.3 Å². The van der Waals surface area contributed by atoms with E-state index in [2.05, 4.69) is 10.6 Å². The number of nitrogens with zero attached hydrogens (tertiary/aromatic N) is 1. The van der Waals surface area contributed by atoms with Crippen molar-refractivity contribution in [3.8, 4) is 0 Å². The Morgan fingerprint density at radius 1 is 1.10 bits per heavy atom. The molecule has 3 amide bonds. The van der Waals surface area contributed by atoms with Gasteiger partial charge < -0.3 is 15.5 Å². The van der Waals surface area contributed by atoms with E-state index >= 15 is 0 Å². The predicted molar refractivity (Wildman–Crippen MR) is 115 cm³/mol. The molecule has 3 rings (SSSR count). The highest BCUT2D eigenvalue weighted by molar-refractivity contribution is 7.12. The number of thiophene rings is 1. The van der Waals surface area contributed by atoms with Crippen molar-refractivity contribution < 1.29 is 14.4 Å². The number of piperidine rings is 1. The molecule has 1 aliphatic heterocycles. The molecule has 1 aliphatic rings. The van der Waals surface area contributed by atoms with Gasteiger partial charge in [-0.3, -0.25) is 14.4 Å². The summed E-state index contributed by atoms with van der Waals surface area (Å²) in [5, 5.41) is 7.64. The van der Waals surface area contributed by atoms with Gasteiger partial charge in [-0.25, -0.2) is 0 Å². The van der Waals surface area contributed by atoms with Gasteiger partial charge in [0.25, 0.3) is 5.91 Å². The molecule has 0 saturated carbocycles. The van der Waals surface area contributed by atoms with Gasteiger partial charge >= 0.3 is 0 Å². The van der Waals surface area contributed by atoms with Crippen molar-refractivity contribution >= 4 is 34.7 Å². The highest BCUT2D eigenvalue weighted by atomic mass is 32.1. The molecule has 1 aromatic heterocycles. The molecule has 2 N–H and O–H groups in total. The fourth-order valence-electron chi connectivity index (χ4n) is 3.49. The Bertz CT molecular complexity index is 836. The number of anilines is 1. The molecule has 29 heavy (non-hydrogen) atoms. The van der Waals surface area contributed by atoms with E-state index in [1.165, 1.54) is 11.3 Å². The minimum absolute atomic E-state index is 0.0510. The van der Waals surface area contributed by atoms with E-state index in [9.17, 15) is 14.4 Å². The zero-order valence-electron chi connectivity index (χ0n) is 16.8. The van der Waals surface area contributed by atoms with Crippen molar-refractivity contribution in [3.63, 3.8) is 0 Å². The van der Waals surface area contributed by atoms with Crippen LogP contribution in [0, 0.1) is 11.8 Å². The summed E-state index contributed by atoms with van der Waals surface area (Å²) in [6, 6.07) is 12.3. The summed E-state index contributed by atoms with van der Waals surface area (Å²) in [6.45, 7) is 4.81. The molecule has 7 heteroatoms. The second kappa shape index (κ2) is 9.69. The van der Waals surface area contributed by atoms with Crippen LogP contribution in [0.2, 0.25) is 0 Å². The standard InChI is InChI=1S/C22H27N3O3S/c1-15(2)19(24-21(27)18-11-7-13-29-18)22(28)25-12-6-8-16(14-25)20(26)23-17-9-4-3-5-10-17/h3-5,7,9-11,13,15-16,19H,6,8,12,14H2,1-2H3,(H,23,26)(H,24,27)/t16-,19+/m0/s1. The van der Waals surface area contributed by atoms with Gasteiger partial charge in [-0.2, -0.15) is 0 Å². The highest BCUT2D eigenvalue weighted by Crippen LogP contribution is 2.21. The Morgan fingerprint density at radius 2 is 1.86 bits per heavy atom. The molecule has 1 saturated heterocycles. The van der Waals surface area contributed by atoms with Gasteiger partial charge in [0, 0.05) is 18.8 Å². The lowest BCUT2D eigenvalue weighted by atomic mass is 9.94. The molecule has 6 nitrogen and oxygen atoms in total. The SMILES string of the molecule is CC(C)[C@@H](NC(=O)c1cccs1)C(=O)N1CCC[C@H](C(=O)Nc2ccccc2)C1. The van der Waals surface area contributed by atoms with Gasteiger partial charge in [-0.15, -0.1) is 11.3 Å². The van der Waals surface area contributed by atoms with Crippen molar-refractivity contribution in [2.75, 3.05) is 18.4 Å². The van der Waals surface area contributed by atoms with Gasteiger partial charge in [0.1, 0.15) is 6.04 Å². The smallest absolute Gasteiger partial charge is 0.262 e. The Balaban J connectivity index is 1.63. The van der Waals surface area contributed by atoms with E-state index in [0.29, 0.717) is 18.0 Å². The Labute approximate surface area is 175 Å². The van der Waals surface area contributed by atoms with Gasteiger partial charge in [0.2, 0.25) is 11.8 Å². The first kappa shape index (κ1) is 21.0. The molecule has 0 spiro atoms. The molecular weight excluding hydrogens is 386 g/mol. The Morgan fingerprint density at radius 3 is 2.52 bits per heavy atom. The van der Waals surface area contributed by atoms with Crippen molar-refractivity contribution in [3.05, 3.63) is 52.7 Å². The zero-order valence-corrected chi connectivity index (χ0v) is 17.6. The first-order chi connectivity index (χ1) is 14.0. The van der Waals surface area contributed by atoms with Crippen LogP contribution in [0.1, 0.15) is 36.4 Å². The summed E-state index contributed by atoms with van der Waals surface area (Å²) < 4.78 is 0. The molecular formula is C22H27N3O3S. The maximum Gasteiger partial charge on any atom is 0.262 e. The van der Waals surface area contributed by atoms with Crippen LogP contribution in [0.25, 0.3) is 0 Å². The topological polar surface area (TPSA) is 78.5 Å². The second-order valence-electron chi connectivity index (χ2n) is 7.65. The first-order valence-corrected chi connectivity index (χ1v) is 10.8.